The second kappa shape index (κ2) is 6.61. The fourth-order valence-electron chi connectivity index (χ4n) is 3.13. The first-order valence-corrected chi connectivity index (χ1v) is 8.98. The molecule has 1 aromatic carbocycles. The van der Waals surface area contributed by atoms with Crippen molar-refractivity contribution in [1.29, 1.82) is 0 Å². The predicted octanol–water partition coefficient (Wildman–Crippen LogP) is 3.88. The van der Waals surface area contributed by atoms with Crippen LogP contribution in [0.1, 0.15) is 62.9 Å². The Labute approximate surface area is 153 Å². The van der Waals surface area contributed by atoms with E-state index in [2.05, 4.69) is 4.74 Å². The fourth-order valence-corrected chi connectivity index (χ4v) is 3.13. The SMILES string of the molecule is Cc1cc(B2OC(C)(C)C(C)(C)O2)cc(OC(F)F)c1C(=O)CC1CC1. The van der Waals surface area contributed by atoms with Crippen LogP contribution in [0, 0.1) is 12.8 Å². The van der Waals surface area contributed by atoms with Crippen LogP contribution in [0.15, 0.2) is 12.1 Å². The van der Waals surface area contributed by atoms with E-state index in [9.17, 15) is 13.6 Å². The van der Waals surface area contributed by atoms with Gasteiger partial charge in [0.2, 0.25) is 0 Å². The third kappa shape index (κ3) is 3.79. The zero-order valence-corrected chi connectivity index (χ0v) is 15.9. The minimum atomic E-state index is -3.00. The van der Waals surface area contributed by atoms with Gasteiger partial charge in [0.05, 0.1) is 16.8 Å². The number of ether oxygens (including phenoxy) is 1. The topological polar surface area (TPSA) is 44.8 Å². The minimum Gasteiger partial charge on any atom is -0.434 e. The number of hydrogen-bond acceptors (Lipinski definition) is 4. The normalized spacial score (nSPS) is 21.3. The standard InChI is InChI=1S/C19H25BF2O4/c1-11-8-13(20-25-18(2,3)19(4,5)26-20)10-15(24-17(21)22)16(11)14(23)9-12-6-7-12/h8,10,12,17H,6-7,9H2,1-5H3. The lowest BCUT2D eigenvalue weighted by molar-refractivity contribution is -0.0501. The predicted molar refractivity (Wildman–Crippen MR) is 95.2 cm³/mol. The van der Waals surface area contributed by atoms with Crippen molar-refractivity contribution < 1.29 is 27.6 Å². The van der Waals surface area contributed by atoms with Crippen LogP contribution in [-0.4, -0.2) is 30.7 Å². The molecule has 1 aliphatic heterocycles. The third-order valence-corrected chi connectivity index (χ3v) is 5.51. The molecule has 1 aliphatic carbocycles. The molecular weight excluding hydrogens is 341 g/mol. The highest BCUT2D eigenvalue weighted by atomic mass is 19.3. The number of carbonyl (C=O) groups is 1. The number of ketones is 1. The Morgan fingerprint density at radius 2 is 1.81 bits per heavy atom. The van der Waals surface area contributed by atoms with E-state index in [1.807, 2.05) is 27.7 Å². The lowest BCUT2D eigenvalue weighted by atomic mass is 9.77. The maximum absolute atomic E-state index is 12.9. The molecule has 3 rings (SSSR count). The molecule has 0 N–H and O–H groups in total. The van der Waals surface area contributed by atoms with Crippen molar-refractivity contribution in [2.24, 2.45) is 5.92 Å². The summed E-state index contributed by atoms with van der Waals surface area (Å²) in [5.41, 5.74) is 0.307. The molecule has 4 nitrogen and oxygen atoms in total. The summed E-state index contributed by atoms with van der Waals surface area (Å²) in [4.78, 5) is 12.6. The smallest absolute Gasteiger partial charge is 0.434 e. The molecule has 142 valence electrons. The number of rotatable bonds is 6. The zero-order valence-electron chi connectivity index (χ0n) is 15.9. The van der Waals surface area contributed by atoms with E-state index in [1.165, 1.54) is 6.07 Å². The van der Waals surface area contributed by atoms with E-state index in [1.54, 1.807) is 13.0 Å². The Bertz CT molecular complexity index is 698. The molecule has 26 heavy (non-hydrogen) atoms. The number of aryl methyl sites for hydroxylation is 1. The third-order valence-electron chi connectivity index (χ3n) is 5.51. The van der Waals surface area contributed by atoms with Gasteiger partial charge in [-0.3, -0.25) is 4.79 Å². The van der Waals surface area contributed by atoms with Gasteiger partial charge in [-0.05, 0) is 70.5 Å². The molecule has 0 atom stereocenters. The molecule has 1 aromatic rings. The first kappa shape index (κ1) is 19.3. The molecule has 0 aromatic heterocycles. The summed E-state index contributed by atoms with van der Waals surface area (Å²) in [5, 5.41) is 0. The van der Waals surface area contributed by atoms with Gasteiger partial charge in [0.15, 0.2) is 5.78 Å². The molecule has 0 unspecified atom stereocenters. The van der Waals surface area contributed by atoms with E-state index in [0.29, 0.717) is 23.4 Å². The molecule has 1 saturated carbocycles. The molecule has 1 heterocycles. The summed E-state index contributed by atoms with van der Waals surface area (Å²) >= 11 is 0. The van der Waals surface area contributed by atoms with Crippen molar-refractivity contribution in [3.8, 4) is 5.75 Å². The average Bonchev–Trinajstić information content (AvgIpc) is 3.24. The molecule has 2 aliphatic rings. The summed E-state index contributed by atoms with van der Waals surface area (Å²) in [6.45, 7) is 6.41. The first-order valence-electron chi connectivity index (χ1n) is 8.98. The Kier molecular flexibility index (Phi) is 4.90. The highest BCUT2D eigenvalue weighted by Gasteiger charge is 2.52. The molecule has 1 saturated heterocycles. The van der Waals surface area contributed by atoms with Gasteiger partial charge in [-0.1, -0.05) is 6.07 Å². The number of benzene rings is 1. The van der Waals surface area contributed by atoms with Crippen LogP contribution in [0.25, 0.3) is 0 Å². The Balaban J connectivity index is 1.95. The Hall–Kier alpha value is -1.47. The molecule has 0 spiro atoms. The van der Waals surface area contributed by atoms with Crippen LogP contribution in [0.4, 0.5) is 8.78 Å². The molecule has 7 heteroatoms. The molecule has 2 fully saturated rings. The quantitative estimate of drug-likeness (QED) is 0.566. The van der Waals surface area contributed by atoms with Crippen LogP contribution in [0.2, 0.25) is 0 Å². The van der Waals surface area contributed by atoms with Crippen LogP contribution < -0.4 is 10.2 Å². The van der Waals surface area contributed by atoms with Gasteiger partial charge in [0, 0.05) is 6.42 Å². The highest BCUT2D eigenvalue weighted by molar-refractivity contribution is 6.62. The van der Waals surface area contributed by atoms with Crippen molar-refractivity contribution in [2.75, 3.05) is 0 Å². The summed E-state index contributed by atoms with van der Waals surface area (Å²) in [5.74, 6) is 0.112. The van der Waals surface area contributed by atoms with E-state index in [0.717, 1.165) is 12.8 Å². The number of halogens is 2. The second-order valence-corrected chi connectivity index (χ2v) is 8.25. The molecule has 0 amide bonds. The molecular formula is C19H25BF2O4. The molecule has 0 bridgehead atoms. The van der Waals surface area contributed by atoms with Crippen LogP contribution in [0.3, 0.4) is 0 Å². The first-order chi connectivity index (χ1) is 12.0. The van der Waals surface area contributed by atoms with Crippen molar-refractivity contribution in [3.05, 3.63) is 23.3 Å². The van der Waals surface area contributed by atoms with E-state index in [4.69, 9.17) is 9.31 Å². The highest BCUT2D eigenvalue weighted by Crippen LogP contribution is 2.38. The van der Waals surface area contributed by atoms with E-state index in [-0.39, 0.29) is 17.1 Å². The van der Waals surface area contributed by atoms with Crippen LogP contribution in [0.5, 0.6) is 5.75 Å². The van der Waals surface area contributed by atoms with Crippen molar-refractivity contribution in [3.63, 3.8) is 0 Å². The average molecular weight is 366 g/mol. The monoisotopic (exact) mass is 366 g/mol. The maximum Gasteiger partial charge on any atom is 0.494 e. The van der Waals surface area contributed by atoms with Gasteiger partial charge < -0.3 is 14.0 Å². The van der Waals surface area contributed by atoms with Crippen molar-refractivity contribution in [2.45, 2.75) is 71.7 Å². The van der Waals surface area contributed by atoms with Gasteiger partial charge in [-0.25, -0.2) is 0 Å². The maximum atomic E-state index is 12.9. The Morgan fingerprint density at radius 1 is 1.23 bits per heavy atom. The van der Waals surface area contributed by atoms with Gasteiger partial charge >= 0.3 is 13.7 Å². The zero-order chi connectivity index (χ0) is 19.3. The summed E-state index contributed by atoms with van der Waals surface area (Å²) in [7, 11) is -0.702. The lowest BCUT2D eigenvalue weighted by Gasteiger charge is -2.32. The number of alkyl halides is 2. The minimum absolute atomic E-state index is 0.102. The summed E-state index contributed by atoms with van der Waals surface area (Å²) < 4.78 is 42.5. The van der Waals surface area contributed by atoms with Gasteiger partial charge in [0.1, 0.15) is 5.75 Å². The van der Waals surface area contributed by atoms with Crippen molar-refractivity contribution >= 4 is 18.4 Å². The van der Waals surface area contributed by atoms with Gasteiger partial charge in [-0.15, -0.1) is 0 Å². The van der Waals surface area contributed by atoms with Gasteiger partial charge in [-0.2, -0.15) is 8.78 Å². The second-order valence-electron chi connectivity index (χ2n) is 8.25. The Morgan fingerprint density at radius 3 is 2.31 bits per heavy atom. The van der Waals surface area contributed by atoms with E-state index >= 15 is 0 Å². The number of carbonyl (C=O) groups excluding carboxylic acids is 1. The summed E-state index contributed by atoms with van der Waals surface area (Å²) in [6.07, 6.45) is 2.40. The lowest BCUT2D eigenvalue weighted by Crippen LogP contribution is -2.41. The van der Waals surface area contributed by atoms with Gasteiger partial charge in [0.25, 0.3) is 0 Å². The van der Waals surface area contributed by atoms with E-state index < -0.39 is 24.9 Å². The number of Topliss-reactive ketones (excluding diaryl/α,β-unsaturated/α-hetero) is 1. The van der Waals surface area contributed by atoms with Crippen LogP contribution in [-0.2, 0) is 9.31 Å². The van der Waals surface area contributed by atoms with Crippen LogP contribution >= 0.6 is 0 Å². The van der Waals surface area contributed by atoms with Crippen molar-refractivity contribution in [1.82, 2.24) is 0 Å². The molecule has 0 radical (unpaired) electrons. The fraction of sp³-hybridized carbons (Fsp3) is 0.632. The summed E-state index contributed by atoms with van der Waals surface area (Å²) in [6, 6.07) is 3.21. The largest absolute Gasteiger partial charge is 0.494 e. The number of hydrogen-bond donors (Lipinski definition) is 0.